The van der Waals surface area contributed by atoms with Crippen molar-refractivity contribution in [2.75, 3.05) is 25.4 Å². The van der Waals surface area contributed by atoms with E-state index in [1.165, 1.54) is 55.4 Å². The highest BCUT2D eigenvalue weighted by atomic mass is 79.9. The molecule has 0 unspecified atom stereocenters. The zero-order valence-electron chi connectivity index (χ0n) is 20.7. The van der Waals surface area contributed by atoms with Crippen molar-refractivity contribution >= 4 is 26.0 Å². The molecule has 33 heavy (non-hydrogen) atoms. The van der Waals surface area contributed by atoms with Crippen molar-refractivity contribution in [3.05, 3.63) is 28.2 Å². The highest BCUT2D eigenvalue weighted by Gasteiger charge is 2.25. The van der Waals surface area contributed by atoms with Gasteiger partial charge in [-0.2, -0.15) is 0 Å². The number of halogens is 1. The van der Waals surface area contributed by atoms with Crippen molar-refractivity contribution in [2.45, 2.75) is 90.7 Å². The fraction of sp³-hybridized carbons (Fsp3) is 0.769. The molecule has 1 aliphatic carbocycles. The van der Waals surface area contributed by atoms with E-state index >= 15 is 0 Å². The summed E-state index contributed by atoms with van der Waals surface area (Å²) >= 11 is 3.73. The number of ether oxygens (including phenoxy) is 1. The third kappa shape index (κ3) is 9.15. The lowest BCUT2D eigenvalue weighted by atomic mass is 9.83. The number of sulfonamides is 1. The maximum absolute atomic E-state index is 11.8. The van der Waals surface area contributed by atoms with Gasteiger partial charge in [-0.3, -0.25) is 0 Å². The van der Waals surface area contributed by atoms with Gasteiger partial charge in [-0.25, -0.2) is 13.1 Å². The molecular formula is C26H43BrN2O3S. The molecule has 1 heterocycles. The summed E-state index contributed by atoms with van der Waals surface area (Å²) in [6.07, 6.45) is 10.7. The molecule has 1 saturated heterocycles. The Hall–Kier alpha value is -0.630. The molecule has 0 atom stereocenters. The predicted octanol–water partition coefficient (Wildman–Crippen LogP) is 5.77. The van der Waals surface area contributed by atoms with E-state index in [1.807, 2.05) is 6.07 Å². The number of nitrogens with zero attached hydrogens (tertiary/aromatic N) is 1. The summed E-state index contributed by atoms with van der Waals surface area (Å²) in [7, 11) is -3.07. The Morgan fingerprint density at radius 3 is 2.42 bits per heavy atom. The van der Waals surface area contributed by atoms with Crippen LogP contribution < -0.4 is 9.46 Å². The van der Waals surface area contributed by atoms with Crippen molar-refractivity contribution in [3.63, 3.8) is 0 Å². The molecule has 5 nitrogen and oxygen atoms in total. The van der Waals surface area contributed by atoms with Gasteiger partial charge in [-0.05, 0) is 134 Å². The molecule has 2 fully saturated rings. The quantitative estimate of drug-likeness (QED) is 0.385. The fourth-order valence-corrected chi connectivity index (χ4v) is 6.61. The Morgan fingerprint density at radius 2 is 1.79 bits per heavy atom. The first-order chi connectivity index (χ1) is 15.7. The SMILES string of the molecule is CCS(=O)(=O)NC1CCC(CCCN2CCC(Cc3cc(OC(C)C)ccc3Br)CC2)CC1. The number of hydrogen-bond donors (Lipinski definition) is 1. The van der Waals surface area contributed by atoms with Gasteiger partial charge in [0.25, 0.3) is 0 Å². The summed E-state index contributed by atoms with van der Waals surface area (Å²) in [5.41, 5.74) is 1.36. The molecule has 1 aliphatic heterocycles. The van der Waals surface area contributed by atoms with Crippen LogP contribution in [0.5, 0.6) is 5.75 Å². The zero-order chi connectivity index (χ0) is 23.8. The van der Waals surface area contributed by atoms with E-state index in [9.17, 15) is 8.42 Å². The Labute approximate surface area is 210 Å². The monoisotopic (exact) mass is 542 g/mol. The minimum atomic E-state index is -3.07. The van der Waals surface area contributed by atoms with Crippen LogP contribution in [0.2, 0.25) is 0 Å². The molecule has 3 rings (SSSR count). The summed E-state index contributed by atoms with van der Waals surface area (Å²) in [5, 5.41) is 0. The van der Waals surface area contributed by atoms with Gasteiger partial charge in [0, 0.05) is 10.5 Å². The van der Waals surface area contributed by atoms with Crippen LogP contribution in [0.15, 0.2) is 22.7 Å². The van der Waals surface area contributed by atoms with E-state index in [-0.39, 0.29) is 17.9 Å². The maximum atomic E-state index is 11.8. The van der Waals surface area contributed by atoms with Gasteiger partial charge in [0.05, 0.1) is 11.9 Å². The molecule has 1 aromatic rings. The first kappa shape index (κ1) is 27.0. The summed E-state index contributed by atoms with van der Waals surface area (Å²) in [4.78, 5) is 2.64. The van der Waals surface area contributed by atoms with E-state index in [1.54, 1.807) is 6.92 Å². The van der Waals surface area contributed by atoms with Crippen molar-refractivity contribution in [3.8, 4) is 5.75 Å². The van der Waals surface area contributed by atoms with Crippen LogP contribution >= 0.6 is 15.9 Å². The maximum Gasteiger partial charge on any atom is 0.211 e. The van der Waals surface area contributed by atoms with Crippen LogP contribution in [0.1, 0.15) is 77.7 Å². The lowest BCUT2D eigenvalue weighted by molar-refractivity contribution is 0.174. The van der Waals surface area contributed by atoms with E-state index in [0.29, 0.717) is 0 Å². The summed E-state index contributed by atoms with van der Waals surface area (Å²) in [6.45, 7) is 9.46. The van der Waals surface area contributed by atoms with Gasteiger partial charge in [-0.1, -0.05) is 15.9 Å². The van der Waals surface area contributed by atoms with Gasteiger partial charge in [0.1, 0.15) is 5.75 Å². The first-order valence-electron chi connectivity index (χ1n) is 12.9. The summed E-state index contributed by atoms with van der Waals surface area (Å²) in [5.74, 6) is 2.66. The Morgan fingerprint density at radius 1 is 1.09 bits per heavy atom. The van der Waals surface area contributed by atoms with Crippen molar-refractivity contribution in [1.82, 2.24) is 9.62 Å². The van der Waals surface area contributed by atoms with Gasteiger partial charge in [0.2, 0.25) is 10.0 Å². The molecule has 0 spiro atoms. The molecule has 0 amide bonds. The number of piperidine rings is 1. The summed E-state index contributed by atoms with van der Waals surface area (Å²) < 4.78 is 33.5. The van der Waals surface area contributed by atoms with Crippen LogP contribution in [-0.4, -0.2) is 50.9 Å². The van der Waals surface area contributed by atoms with Crippen LogP contribution in [-0.2, 0) is 16.4 Å². The lowest BCUT2D eigenvalue weighted by Gasteiger charge is -2.33. The second-order valence-electron chi connectivity index (χ2n) is 10.3. The zero-order valence-corrected chi connectivity index (χ0v) is 23.1. The minimum absolute atomic E-state index is 0.155. The lowest BCUT2D eigenvalue weighted by Crippen LogP contribution is -2.38. The standard InChI is InChI=1S/C26H43BrN2O3S/c1-4-33(30,31)28-24-9-7-21(8-10-24)6-5-15-29-16-13-22(14-17-29)18-23-19-25(32-20(2)3)11-12-26(23)27/h11-12,19-22,24,28H,4-10,13-18H2,1-3H3. The van der Waals surface area contributed by atoms with E-state index in [4.69, 9.17) is 4.74 Å². The molecule has 2 aliphatic rings. The van der Waals surface area contributed by atoms with Crippen molar-refractivity contribution < 1.29 is 13.2 Å². The number of rotatable bonds is 11. The minimum Gasteiger partial charge on any atom is -0.491 e. The highest BCUT2D eigenvalue weighted by Crippen LogP contribution is 2.31. The van der Waals surface area contributed by atoms with Gasteiger partial charge in [0.15, 0.2) is 0 Å². The third-order valence-electron chi connectivity index (χ3n) is 7.26. The van der Waals surface area contributed by atoms with E-state index in [2.05, 4.69) is 51.5 Å². The van der Waals surface area contributed by atoms with Crippen LogP contribution in [0.25, 0.3) is 0 Å². The average molecular weight is 544 g/mol. The van der Waals surface area contributed by atoms with Crippen molar-refractivity contribution in [1.29, 1.82) is 0 Å². The number of nitrogens with one attached hydrogen (secondary N) is 1. The van der Waals surface area contributed by atoms with Gasteiger partial charge < -0.3 is 9.64 Å². The Balaban J connectivity index is 1.32. The predicted molar refractivity (Wildman–Crippen MR) is 140 cm³/mol. The number of likely N-dealkylation sites (tertiary alicyclic amines) is 1. The second-order valence-corrected chi connectivity index (χ2v) is 13.2. The molecule has 0 aromatic heterocycles. The molecule has 1 aromatic carbocycles. The van der Waals surface area contributed by atoms with Crippen LogP contribution in [0, 0.1) is 11.8 Å². The second kappa shape index (κ2) is 12.9. The molecule has 1 N–H and O–H groups in total. The first-order valence-corrected chi connectivity index (χ1v) is 15.4. The molecular weight excluding hydrogens is 500 g/mol. The largest absolute Gasteiger partial charge is 0.491 e. The topological polar surface area (TPSA) is 58.6 Å². The van der Waals surface area contributed by atoms with Gasteiger partial charge >= 0.3 is 0 Å². The van der Waals surface area contributed by atoms with Crippen LogP contribution in [0.3, 0.4) is 0 Å². The number of hydrogen-bond acceptors (Lipinski definition) is 4. The normalized spacial score (nSPS) is 23.2. The Bertz CT molecular complexity index is 830. The average Bonchev–Trinajstić information content (AvgIpc) is 2.78. The third-order valence-corrected chi connectivity index (χ3v) is 9.49. The fourth-order valence-electron chi connectivity index (χ4n) is 5.29. The molecule has 188 valence electrons. The molecule has 1 saturated carbocycles. The van der Waals surface area contributed by atoms with Crippen LogP contribution in [0.4, 0.5) is 0 Å². The van der Waals surface area contributed by atoms with E-state index < -0.39 is 10.0 Å². The summed E-state index contributed by atoms with van der Waals surface area (Å²) in [6, 6.07) is 6.53. The van der Waals surface area contributed by atoms with E-state index in [0.717, 1.165) is 49.7 Å². The Kier molecular flexibility index (Phi) is 10.5. The molecule has 7 heteroatoms. The molecule has 0 bridgehead atoms. The smallest absolute Gasteiger partial charge is 0.211 e. The van der Waals surface area contributed by atoms with Crippen molar-refractivity contribution in [2.24, 2.45) is 11.8 Å². The highest BCUT2D eigenvalue weighted by molar-refractivity contribution is 9.10. The molecule has 0 radical (unpaired) electrons. The number of benzene rings is 1. The van der Waals surface area contributed by atoms with Gasteiger partial charge in [-0.15, -0.1) is 0 Å².